The first-order chi connectivity index (χ1) is 11.1. The molecule has 7 heteroatoms. The van der Waals surface area contributed by atoms with Crippen molar-refractivity contribution >= 4 is 19.7 Å². The average molecular weight is 392 g/mol. The van der Waals surface area contributed by atoms with Crippen LogP contribution in [0.4, 0.5) is 8.78 Å². The van der Waals surface area contributed by atoms with Crippen LogP contribution in [0.25, 0.3) is 0 Å². The molecule has 0 heterocycles. The minimum absolute atomic E-state index is 0.00785. The van der Waals surface area contributed by atoms with Gasteiger partial charge in [-0.3, -0.25) is 0 Å². The van der Waals surface area contributed by atoms with Crippen molar-refractivity contribution in [3.63, 3.8) is 0 Å². The molecule has 0 saturated heterocycles. The second kappa shape index (κ2) is 8.04. The third-order valence-electron chi connectivity index (χ3n) is 4.51. The summed E-state index contributed by atoms with van der Waals surface area (Å²) in [5.41, 5.74) is 0.397. The van der Waals surface area contributed by atoms with Gasteiger partial charge in [0.25, 0.3) is 0 Å². The maximum absolute atomic E-state index is 13.6. The summed E-state index contributed by atoms with van der Waals surface area (Å²) < 4.78 is 48.5. The average Bonchev–Trinajstić information content (AvgIpc) is 2.39. The van der Waals surface area contributed by atoms with Gasteiger partial charge in [-0.15, -0.1) is 4.72 Å². The highest BCUT2D eigenvalue weighted by molar-refractivity contribution is 7.90. The van der Waals surface area contributed by atoms with E-state index in [4.69, 9.17) is 4.43 Å². The maximum atomic E-state index is 13.6. The normalized spacial score (nSPS) is 16.0. The summed E-state index contributed by atoms with van der Waals surface area (Å²) in [6.45, 7) is 16.3. The summed E-state index contributed by atoms with van der Waals surface area (Å²) >= 11 is -1.39. The van der Waals surface area contributed by atoms with E-state index in [1.807, 2.05) is 20.8 Å². The lowest BCUT2D eigenvalue weighted by molar-refractivity contribution is 0.255. The van der Waals surface area contributed by atoms with Crippen LogP contribution >= 0.6 is 0 Å². The molecule has 1 N–H and O–H groups in total. The minimum atomic E-state index is -2.05. The van der Waals surface area contributed by atoms with E-state index in [0.29, 0.717) is 5.56 Å². The molecule has 1 rings (SSSR count). The van der Waals surface area contributed by atoms with E-state index in [1.54, 1.807) is 0 Å². The Hall–Kier alpha value is -0.473. The predicted octanol–water partition coefficient (Wildman–Crippen LogP) is 5.08. The van der Waals surface area contributed by atoms with Gasteiger partial charge in [0.15, 0.2) is 8.32 Å². The molecule has 0 radical (unpaired) electrons. The molecule has 1 unspecified atom stereocenters. The lowest BCUT2D eigenvalue weighted by Gasteiger charge is -2.37. The van der Waals surface area contributed by atoms with Gasteiger partial charge < -0.3 is 8.98 Å². The van der Waals surface area contributed by atoms with Crippen molar-refractivity contribution in [1.29, 1.82) is 0 Å². The molecule has 25 heavy (non-hydrogen) atoms. The Labute approximate surface area is 155 Å². The summed E-state index contributed by atoms with van der Waals surface area (Å²) in [6, 6.07) is 2.79. The van der Waals surface area contributed by atoms with Crippen LogP contribution in [0.2, 0.25) is 18.1 Å². The number of rotatable bonds is 6. The van der Waals surface area contributed by atoms with Crippen molar-refractivity contribution in [2.45, 2.75) is 70.5 Å². The predicted molar refractivity (Wildman–Crippen MR) is 103 cm³/mol. The highest BCUT2D eigenvalue weighted by atomic mass is 32.2. The summed E-state index contributed by atoms with van der Waals surface area (Å²) in [4.78, 5) is 0. The number of hydrogen-bond acceptors (Lipinski definition) is 3. The molecule has 2 atom stereocenters. The van der Waals surface area contributed by atoms with Gasteiger partial charge >= 0.3 is 0 Å². The Bertz CT molecular complexity index is 565. The van der Waals surface area contributed by atoms with Gasteiger partial charge in [-0.05, 0) is 56.6 Å². The van der Waals surface area contributed by atoms with E-state index >= 15 is 0 Å². The molecule has 0 saturated carbocycles. The van der Waals surface area contributed by atoms with Crippen LogP contribution < -0.4 is 4.72 Å². The van der Waals surface area contributed by atoms with E-state index in [2.05, 4.69) is 38.6 Å². The third kappa shape index (κ3) is 6.64. The number of benzene rings is 1. The first-order valence-corrected chi connectivity index (χ1v) is 12.5. The monoisotopic (exact) mass is 391 g/mol. The van der Waals surface area contributed by atoms with Crippen LogP contribution in [0.5, 0.6) is 0 Å². The molecule has 1 aromatic rings. The fourth-order valence-corrected chi connectivity index (χ4v) is 3.62. The van der Waals surface area contributed by atoms with Gasteiger partial charge in [0.05, 0.1) is 12.6 Å². The molecular weight excluding hydrogens is 360 g/mol. The summed E-state index contributed by atoms with van der Waals surface area (Å²) in [7, 11) is -2.05. The zero-order chi connectivity index (χ0) is 19.6. The van der Waals surface area contributed by atoms with Crippen LogP contribution in [-0.2, 0) is 15.8 Å². The van der Waals surface area contributed by atoms with Crippen molar-refractivity contribution < 1.29 is 17.8 Å². The van der Waals surface area contributed by atoms with Crippen molar-refractivity contribution in [3.05, 3.63) is 35.4 Å². The van der Waals surface area contributed by atoms with E-state index in [-0.39, 0.29) is 11.6 Å². The van der Waals surface area contributed by atoms with E-state index in [1.165, 1.54) is 12.1 Å². The van der Waals surface area contributed by atoms with Crippen molar-refractivity contribution in [2.24, 2.45) is 0 Å². The van der Waals surface area contributed by atoms with Gasteiger partial charge in [-0.25, -0.2) is 8.78 Å². The SMILES string of the molecule is CC(C)(C)[S@+]([O-])NC(CO[Si](C)(C)C(C)(C)C)c1cc(F)cc(F)c1. The Morgan fingerprint density at radius 2 is 1.56 bits per heavy atom. The zero-order valence-electron chi connectivity index (χ0n) is 16.5. The quantitative estimate of drug-likeness (QED) is 0.543. The van der Waals surface area contributed by atoms with Gasteiger partial charge in [0.1, 0.15) is 16.4 Å². The maximum Gasteiger partial charge on any atom is 0.192 e. The van der Waals surface area contributed by atoms with Crippen LogP contribution in [0.15, 0.2) is 18.2 Å². The molecule has 0 amide bonds. The van der Waals surface area contributed by atoms with E-state index in [0.717, 1.165) is 6.07 Å². The molecule has 1 aromatic carbocycles. The molecule has 3 nitrogen and oxygen atoms in total. The molecule has 0 aliphatic carbocycles. The number of halogens is 2. The number of hydrogen-bond donors (Lipinski definition) is 1. The van der Waals surface area contributed by atoms with Crippen LogP contribution in [0.1, 0.15) is 53.1 Å². The molecule has 144 valence electrons. The smallest absolute Gasteiger partial charge is 0.192 e. The fraction of sp³-hybridized carbons (Fsp3) is 0.667. The second-order valence-electron chi connectivity index (χ2n) is 8.83. The molecule has 0 fully saturated rings. The Balaban J connectivity index is 3.07. The van der Waals surface area contributed by atoms with Crippen molar-refractivity contribution in [3.8, 4) is 0 Å². The molecule has 0 spiro atoms. The first-order valence-electron chi connectivity index (χ1n) is 8.41. The molecule has 0 aliphatic rings. The Morgan fingerprint density at radius 1 is 1.08 bits per heavy atom. The van der Waals surface area contributed by atoms with E-state index < -0.39 is 42.1 Å². The highest BCUT2D eigenvalue weighted by Gasteiger charge is 2.38. The lowest BCUT2D eigenvalue weighted by Crippen LogP contribution is -2.46. The molecule has 0 aromatic heterocycles. The first kappa shape index (κ1) is 22.6. The summed E-state index contributed by atoms with van der Waals surface area (Å²) in [5.74, 6) is -1.31. The summed E-state index contributed by atoms with van der Waals surface area (Å²) in [6.07, 6.45) is 0. The second-order valence-corrected chi connectivity index (χ2v) is 15.6. The standard InChI is InChI=1S/C18H31F2NO2SSi/c1-17(2,3)24(22)21-16(12-23-25(7,8)18(4,5)6)13-9-14(19)11-15(20)10-13/h9-11,16,21H,12H2,1-8H3/t16?,24-/m0/s1. The molecule has 0 bridgehead atoms. The third-order valence-corrected chi connectivity index (χ3v) is 10.6. The van der Waals surface area contributed by atoms with Crippen molar-refractivity contribution in [2.75, 3.05) is 6.61 Å². The summed E-state index contributed by atoms with van der Waals surface area (Å²) in [5, 5.41) is 0.00785. The van der Waals surface area contributed by atoms with Crippen LogP contribution in [0.3, 0.4) is 0 Å². The highest BCUT2D eigenvalue weighted by Crippen LogP contribution is 2.37. The van der Waals surface area contributed by atoms with Gasteiger partial charge in [-0.1, -0.05) is 20.8 Å². The minimum Gasteiger partial charge on any atom is -0.598 e. The van der Waals surface area contributed by atoms with Gasteiger partial charge in [-0.2, -0.15) is 0 Å². The largest absolute Gasteiger partial charge is 0.598 e. The Kier molecular flexibility index (Phi) is 7.26. The lowest BCUT2D eigenvalue weighted by atomic mass is 10.1. The molecular formula is C18H31F2NO2SSi. The topological polar surface area (TPSA) is 44.3 Å². The van der Waals surface area contributed by atoms with Crippen LogP contribution in [0, 0.1) is 11.6 Å². The van der Waals surface area contributed by atoms with Crippen LogP contribution in [-0.4, -0.2) is 24.2 Å². The zero-order valence-corrected chi connectivity index (χ0v) is 18.3. The molecule has 0 aliphatic heterocycles. The fourth-order valence-electron chi connectivity index (χ4n) is 1.79. The number of nitrogens with one attached hydrogen (secondary N) is 1. The van der Waals surface area contributed by atoms with Gasteiger partial charge in [0, 0.05) is 17.4 Å². The van der Waals surface area contributed by atoms with E-state index in [9.17, 15) is 13.3 Å². The van der Waals surface area contributed by atoms with Gasteiger partial charge in [0.2, 0.25) is 0 Å². The van der Waals surface area contributed by atoms with Crippen molar-refractivity contribution in [1.82, 2.24) is 4.72 Å². The Morgan fingerprint density at radius 3 is 1.96 bits per heavy atom.